The third kappa shape index (κ3) is 4.22. The van der Waals surface area contributed by atoms with E-state index in [1.54, 1.807) is 20.0 Å². The van der Waals surface area contributed by atoms with Crippen LogP contribution in [0.25, 0.3) is 0 Å². The van der Waals surface area contributed by atoms with Crippen LogP contribution in [0.3, 0.4) is 0 Å². The number of nitrogens with one attached hydrogen (secondary N) is 1. The molecule has 2 N–H and O–H groups in total. The van der Waals surface area contributed by atoms with Crippen LogP contribution < -0.4 is 10.1 Å². The quantitative estimate of drug-likeness (QED) is 0.571. The fraction of sp³-hybridized carbons (Fsp3) is 0.417. The summed E-state index contributed by atoms with van der Waals surface area (Å²) < 4.78 is 5.40. The minimum atomic E-state index is -0.957. The summed E-state index contributed by atoms with van der Waals surface area (Å²) in [4.78, 5) is 20.9. The molecule has 0 bridgehead atoms. The lowest BCUT2D eigenvalue weighted by molar-refractivity contribution is -0.384. The van der Waals surface area contributed by atoms with Gasteiger partial charge in [-0.3, -0.25) is 14.9 Å². The molecule has 0 saturated heterocycles. The fourth-order valence-electron chi connectivity index (χ4n) is 1.54. The number of nitro benzene ring substituents is 1. The Bertz CT molecular complexity index is 475. The van der Waals surface area contributed by atoms with E-state index in [1.165, 1.54) is 12.1 Å². The predicted molar refractivity (Wildman–Crippen MR) is 68.4 cm³/mol. The summed E-state index contributed by atoms with van der Waals surface area (Å²) in [6.07, 6.45) is 0.272. The monoisotopic (exact) mass is 268 g/mol. The number of carboxylic acids is 1. The smallest absolute Gasteiger partial charge is 0.320 e. The van der Waals surface area contributed by atoms with E-state index in [0.29, 0.717) is 5.75 Å². The summed E-state index contributed by atoms with van der Waals surface area (Å²) in [7, 11) is 1.55. The van der Waals surface area contributed by atoms with Crippen molar-refractivity contribution in [1.82, 2.24) is 5.32 Å². The van der Waals surface area contributed by atoms with Gasteiger partial charge < -0.3 is 15.2 Å². The Hall–Kier alpha value is -2.15. The van der Waals surface area contributed by atoms with Crippen LogP contribution in [0.5, 0.6) is 5.75 Å². The van der Waals surface area contributed by atoms with Crippen molar-refractivity contribution in [1.29, 1.82) is 0 Å². The van der Waals surface area contributed by atoms with Gasteiger partial charge in [-0.2, -0.15) is 0 Å². The highest BCUT2D eigenvalue weighted by Crippen LogP contribution is 2.24. The summed E-state index contributed by atoms with van der Waals surface area (Å²) in [5.41, 5.74) is 0.714. The van der Waals surface area contributed by atoms with Crippen molar-refractivity contribution in [2.45, 2.75) is 19.4 Å². The van der Waals surface area contributed by atoms with E-state index in [-0.39, 0.29) is 18.7 Å². The summed E-state index contributed by atoms with van der Waals surface area (Å²) in [6, 6.07) is 3.64. The molecule has 1 aromatic carbocycles. The molecular weight excluding hydrogens is 252 g/mol. The normalized spacial score (nSPS) is 11.9. The third-order valence-electron chi connectivity index (χ3n) is 2.69. The number of likely N-dealkylation sites (N-methyl/N-ethyl adjacent to an activating group) is 1. The van der Waals surface area contributed by atoms with E-state index in [1.807, 2.05) is 0 Å². The lowest BCUT2D eigenvalue weighted by Gasteiger charge is -2.13. The molecule has 0 aromatic heterocycles. The Labute approximate surface area is 110 Å². The fourth-order valence-corrected chi connectivity index (χ4v) is 1.54. The van der Waals surface area contributed by atoms with E-state index in [2.05, 4.69) is 5.32 Å². The second kappa shape index (κ2) is 6.69. The zero-order valence-electron chi connectivity index (χ0n) is 10.8. The Morgan fingerprint density at radius 3 is 2.79 bits per heavy atom. The zero-order valence-corrected chi connectivity index (χ0v) is 10.8. The second-order valence-electron chi connectivity index (χ2n) is 4.02. The lowest BCUT2D eigenvalue weighted by atomic mass is 10.2. The maximum atomic E-state index is 10.8. The van der Waals surface area contributed by atoms with Gasteiger partial charge in [0.15, 0.2) is 0 Å². The molecular formula is C12H16N2O5. The molecule has 0 radical (unpaired) electrons. The number of hydrogen-bond acceptors (Lipinski definition) is 5. The van der Waals surface area contributed by atoms with E-state index in [0.717, 1.165) is 5.56 Å². The number of rotatable bonds is 7. The van der Waals surface area contributed by atoms with Gasteiger partial charge in [0.05, 0.1) is 17.6 Å². The predicted octanol–water partition coefficient (Wildman–Crippen LogP) is 1.34. The van der Waals surface area contributed by atoms with Gasteiger partial charge in [-0.15, -0.1) is 0 Å². The number of benzene rings is 1. The van der Waals surface area contributed by atoms with Crippen LogP contribution in [0.4, 0.5) is 5.69 Å². The van der Waals surface area contributed by atoms with Gasteiger partial charge in [-0.25, -0.2) is 0 Å². The van der Waals surface area contributed by atoms with Crippen LogP contribution in [-0.4, -0.2) is 35.7 Å². The highest BCUT2D eigenvalue weighted by atomic mass is 16.6. The molecule has 0 fully saturated rings. The standard InChI is InChI=1S/C12H16N2O5/c1-8-3-4-9(14(17)18)7-11(8)19-6-5-10(13-2)12(15)16/h3-4,7,10,13H,5-6H2,1-2H3,(H,15,16). The van der Waals surface area contributed by atoms with E-state index in [4.69, 9.17) is 9.84 Å². The Balaban J connectivity index is 2.64. The van der Waals surface area contributed by atoms with Gasteiger partial charge in [0.1, 0.15) is 11.8 Å². The Kier molecular flexibility index (Phi) is 5.25. The molecule has 1 aromatic rings. The molecule has 0 aliphatic heterocycles. The highest BCUT2D eigenvalue weighted by Gasteiger charge is 2.15. The molecule has 104 valence electrons. The lowest BCUT2D eigenvalue weighted by Crippen LogP contribution is -2.35. The van der Waals surface area contributed by atoms with Crippen molar-refractivity contribution in [3.8, 4) is 5.75 Å². The first-order valence-electron chi connectivity index (χ1n) is 5.73. The average Bonchev–Trinajstić information content (AvgIpc) is 2.35. The van der Waals surface area contributed by atoms with Gasteiger partial charge in [0, 0.05) is 12.5 Å². The topological polar surface area (TPSA) is 102 Å². The van der Waals surface area contributed by atoms with E-state index < -0.39 is 16.9 Å². The second-order valence-corrected chi connectivity index (χ2v) is 4.02. The number of aryl methyl sites for hydroxylation is 1. The Morgan fingerprint density at radius 1 is 1.58 bits per heavy atom. The number of carbonyl (C=O) groups is 1. The third-order valence-corrected chi connectivity index (χ3v) is 2.69. The largest absolute Gasteiger partial charge is 0.493 e. The van der Waals surface area contributed by atoms with Gasteiger partial charge in [-0.05, 0) is 25.6 Å². The summed E-state index contributed by atoms with van der Waals surface area (Å²) in [5, 5.41) is 22.1. The average molecular weight is 268 g/mol. The van der Waals surface area contributed by atoms with E-state index >= 15 is 0 Å². The summed E-state index contributed by atoms with van der Waals surface area (Å²) in [5.74, 6) is -0.559. The molecule has 1 rings (SSSR count). The molecule has 0 aliphatic carbocycles. The maximum absolute atomic E-state index is 10.8. The molecule has 0 amide bonds. The molecule has 7 heteroatoms. The van der Waals surface area contributed by atoms with Crippen LogP contribution in [0.2, 0.25) is 0 Å². The maximum Gasteiger partial charge on any atom is 0.320 e. The molecule has 1 atom stereocenters. The van der Waals surface area contributed by atoms with Crippen LogP contribution in [0.15, 0.2) is 18.2 Å². The van der Waals surface area contributed by atoms with Gasteiger partial charge in [-0.1, -0.05) is 0 Å². The number of ether oxygens (including phenoxy) is 1. The molecule has 1 unspecified atom stereocenters. The number of nitrogens with zero attached hydrogens (tertiary/aromatic N) is 1. The number of hydrogen-bond donors (Lipinski definition) is 2. The number of non-ortho nitro benzene ring substituents is 1. The highest BCUT2D eigenvalue weighted by molar-refractivity contribution is 5.73. The summed E-state index contributed by atoms with van der Waals surface area (Å²) in [6.45, 7) is 1.94. The first-order valence-corrected chi connectivity index (χ1v) is 5.73. The van der Waals surface area contributed by atoms with Crippen molar-refractivity contribution >= 4 is 11.7 Å². The minimum Gasteiger partial charge on any atom is -0.493 e. The molecule has 0 heterocycles. The van der Waals surface area contributed by atoms with Crippen LogP contribution >= 0.6 is 0 Å². The molecule has 19 heavy (non-hydrogen) atoms. The molecule has 0 aliphatic rings. The molecule has 7 nitrogen and oxygen atoms in total. The van der Waals surface area contributed by atoms with Crippen LogP contribution in [-0.2, 0) is 4.79 Å². The van der Waals surface area contributed by atoms with Gasteiger partial charge in [0.2, 0.25) is 0 Å². The van der Waals surface area contributed by atoms with Crippen molar-refractivity contribution < 1.29 is 19.6 Å². The van der Waals surface area contributed by atoms with Crippen molar-refractivity contribution in [2.75, 3.05) is 13.7 Å². The van der Waals surface area contributed by atoms with Crippen LogP contribution in [0.1, 0.15) is 12.0 Å². The van der Waals surface area contributed by atoms with Crippen molar-refractivity contribution in [3.05, 3.63) is 33.9 Å². The van der Waals surface area contributed by atoms with Crippen LogP contribution in [0, 0.1) is 17.0 Å². The minimum absolute atomic E-state index is 0.0519. The molecule has 0 spiro atoms. The van der Waals surface area contributed by atoms with Crippen molar-refractivity contribution in [3.63, 3.8) is 0 Å². The first kappa shape index (κ1) is 14.9. The van der Waals surface area contributed by atoms with Crippen molar-refractivity contribution in [2.24, 2.45) is 0 Å². The summed E-state index contributed by atoms with van der Waals surface area (Å²) >= 11 is 0. The first-order chi connectivity index (χ1) is 8.95. The number of aliphatic carboxylic acids is 1. The number of carboxylic acid groups (broad SMARTS) is 1. The van der Waals surface area contributed by atoms with Gasteiger partial charge >= 0.3 is 5.97 Å². The molecule has 0 saturated carbocycles. The zero-order chi connectivity index (χ0) is 14.4. The van der Waals surface area contributed by atoms with E-state index in [9.17, 15) is 14.9 Å². The van der Waals surface area contributed by atoms with Gasteiger partial charge in [0.25, 0.3) is 5.69 Å². The SMILES string of the molecule is CNC(CCOc1cc([N+](=O)[O-])ccc1C)C(=O)O. The Morgan fingerprint density at radius 2 is 2.26 bits per heavy atom. The number of nitro groups is 1.